The second kappa shape index (κ2) is 6.01. The van der Waals surface area contributed by atoms with E-state index in [-0.39, 0.29) is 18.0 Å². The van der Waals surface area contributed by atoms with Gasteiger partial charge >= 0.3 is 5.97 Å². The van der Waals surface area contributed by atoms with Gasteiger partial charge < -0.3 is 15.7 Å². The Morgan fingerprint density at radius 3 is 2.75 bits per heavy atom. The van der Waals surface area contributed by atoms with Crippen molar-refractivity contribution in [1.29, 1.82) is 0 Å². The standard InChI is InChI=1S/C14H15N3O3/c1-2-15-12(18)8-17-13-9-5-3-4-6-11(9)16-7-10(13)14(19)20/h3-7H,2,8H2,1H3,(H,15,18)(H,16,17)(H,19,20). The summed E-state index contributed by atoms with van der Waals surface area (Å²) in [5.74, 6) is -1.27. The van der Waals surface area contributed by atoms with E-state index in [1.807, 2.05) is 13.0 Å². The van der Waals surface area contributed by atoms with Gasteiger partial charge in [-0.2, -0.15) is 0 Å². The number of anilines is 1. The Bertz CT molecular complexity index is 655. The molecule has 6 nitrogen and oxygen atoms in total. The summed E-state index contributed by atoms with van der Waals surface area (Å²) in [5, 5.41) is 15.4. The van der Waals surface area contributed by atoms with E-state index in [0.29, 0.717) is 23.1 Å². The van der Waals surface area contributed by atoms with E-state index in [1.165, 1.54) is 6.20 Å². The fraction of sp³-hybridized carbons (Fsp3) is 0.214. The van der Waals surface area contributed by atoms with Crippen molar-refractivity contribution in [2.75, 3.05) is 18.4 Å². The maximum Gasteiger partial charge on any atom is 0.339 e. The second-order valence-corrected chi connectivity index (χ2v) is 4.18. The van der Waals surface area contributed by atoms with E-state index >= 15 is 0 Å². The zero-order chi connectivity index (χ0) is 14.5. The lowest BCUT2D eigenvalue weighted by Crippen LogP contribution is -2.29. The van der Waals surface area contributed by atoms with Gasteiger partial charge in [0.25, 0.3) is 0 Å². The monoisotopic (exact) mass is 273 g/mol. The molecule has 0 spiro atoms. The highest BCUT2D eigenvalue weighted by Crippen LogP contribution is 2.25. The molecule has 1 aromatic carbocycles. The van der Waals surface area contributed by atoms with Crippen molar-refractivity contribution < 1.29 is 14.7 Å². The van der Waals surface area contributed by atoms with Crippen LogP contribution in [0.1, 0.15) is 17.3 Å². The molecular formula is C14H15N3O3. The average molecular weight is 273 g/mol. The number of benzene rings is 1. The predicted octanol–water partition coefficient (Wildman–Crippen LogP) is 1.48. The summed E-state index contributed by atoms with van der Waals surface area (Å²) in [5.41, 5.74) is 1.14. The first kappa shape index (κ1) is 13.8. The fourth-order valence-electron chi connectivity index (χ4n) is 1.92. The van der Waals surface area contributed by atoms with Crippen LogP contribution in [0.3, 0.4) is 0 Å². The third-order valence-corrected chi connectivity index (χ3v) is 2.81. The van der Waals surface area contributed by atoms with E-state index in [9.17, 15) is 14.7 Å². The molecule has 1 aromatic heterocycles. The minimum absolute atomic E-state index is 0.0160. The summed E-state index contributed by atoms with van der Waals surface area (Å²) < 4.78 is 0. The largest absolute Gasteiger partial charge is 0.478 e. The van der Waals surface area contributed by atoms with Crippen LogP contribution in [0.25, 0.3) is 10.9 Å². The van der Waals surface area contributed by atoms with Gasteiger partial charge in [-0.25, -0.2) is 4.79 Å². The van der Waals surface area contributed by atoms with Crippen LogP contribution >= 0.6 is 0 Å². The van der Waals surface area contributed by atoms with Crippen molar-refractivity contribution in [3.63, 3.8) is 0 Å². The van der Waals surface area contributed by atoms with Gasteiger partial charge in [-0.15, -0.1) is 0 Å². The number of nitrogens with one attached hydrogen (secondary N) is 2. The fourth-order valence-corrected chi connectivity index (χ4v) is 1.92. The number of rotatable bonds is 5. The van der Waals surface area contributed by atoms with Gasteiger partial charge in [-0.3, -0.25) is 9.78 Å². The van der Waals surface area contributed by atoms with Crippen molar-refractivity contribution in [3.05, 3.63) is 36.0 Å². The number of aromatic nitrogens is 1. The number of carbonyl (C=O) groups excluding carboxylic acids is 1. The number of nitrogens with zero attached hydrogens (tertiary/aromatic N) is 1. The molecule has 0 radical (unpaired) electrons. The van der Waals surface area contributed by atoms with Gasteiger partial charge in [0, 0.05) is 18.1 Å². The number of hydrogen-bond acceptors (Lipinski definition) is 4. The van der Waals surface area contributed by atoms with Gasteiger partial charge in [-0.05, 0) is 13.0 Å². The summed E-state index contributed by atoms with van der Waals surface area (Å²) in [6.45, 7) is 2.37. The van der Waals surface area contributed by atoms with E-state index in [1.54, 1.807) is 18.2 Å². The van der Waals surface area contributed by atoms with Gasteiger partial charge in [-0.1, -0.05) is 18.2 Å². The Kier molecular flexibility index (Phi) is 4.14. The van der Waals surface area contributed by atoms with Crippen LogP contribution in [0.5, 0.6) is 0 Å². The van der Waals surface area contributed by atoms with E-state index in [2.05, 4.69) is 15.6 Å². The number of aromatic carboxylic acids is 1. The lowest BCUT2D eigenvalue weighted by molar-refractivity contribution is -0.119. The maximum atomic E-state index is 11.5. The molecule has 1 heterocycles. The molecule has 0 saturated carbocycles. The molecule has 3 N–H and O–H groups in total. The number of carboxylic acids is 1. The molecule has 0 saturated heterocycles. The van der Waals surface area contributed by atoms with Crippen LogP contribution in [-0.2, 0) is 4.79 Å². The molecule has 0 unspecified atom stereocenters. The third kappa shape index (κ3) is 2.85. The number of pyridine rings is 1. The number of carbonyl (C=O) groups is 2. The van der Waals surface area contributed by atoms with Crippen molar-refractivity contribution in [2.24, 2.45) is 0 Å². The summed E-state index contributed by atoms with van der Waals surface area (Å²) in [6, 6.07) is 7.18. The van der Waals surface area contributed by atoms with Gasteiger partial charge in [0.2, 0.25) is 5.91 Å². The molecule has 104 valence electrons. The molecule has 0 aliphatic carbocycles. The Labute approximate surface area is 115 Å². The second-order valence-electron chi connectivity index (χ2n) is 4.18. The number of likely N-dealkylation sites (N-methyl/N-ethyl adjacent to an activating group) is 1. The average Bonchev–Trinajstić information content (AvgIpc) is 2.44. The zero-order valence-electron chi connectivity index (χ0n) is 11.0. The quantitative estimate of drug-likeness (QED) is 0.767. The molecule has 20 heavy (non-hydrogen) atoms. The molecule has 0 aliphatic heterocycles. The normalized spacial score (nSPS) is 10.2. The van der Waals surface area contributed by atoms with Crippen LogP contribution in [0, 0.1) is 0 Å². The Morgan fingerprint density at radius 1 is 1.30 bits per heavy atom. The number of carboxylic acid groups (broad SMARTS) is 1. The van der Waals surface area contributed by atoms with Gasteiger partial charge in [0.1, 0.15) is 5.56 Å². The van der Waals surface area contributed by atoms with Crippen LogP contribution in [-0.4, -0.2) is 35.1 Å². The highest BCUT2D eigenvalue weighted by atomic mass is 16.4. The number of hydrogen-bond donors (Lipinski definition) is 3. The van der Waals surface area contributed by atoms with E-state index in [4.69, 9.17) is 0 Å². The maximum absolute atomic E-state index is 11.5. The number of fused-ring (bicyclic) bond motifs is 1. The SMILES string of the molecule is CCNC(=O)CNc1c(C(=O)O)cnc2ccccc12. The first-order valence-corrected chi connectivity index (χ1v) is 6.25. The smallest absolute Gasteiger partial charge is 0.339 e. The summed E-state index contributed by atoms with van der Waals surface area (Å²) in [4.78, 5) is 26.9. The van der Waals surface area contributed by atoms with E-state index < -0.39 is 5.97 Å². The van der Waals surface area contributed by atoms with Crippen molar-refractivity contribution in [2.45, 2.75) is 6.92 Å². The third-order valence-electron chi connectivity index (χ3n) is 2.81. The van der Waals surface area contributed by atoms with Gasteiger partial charge in [0.05, 0.1) is 17.7 Å². The van der Waals surface area contributed by atoms with Gasteiger partial charge in [0.15, 0.2) is 0 Å². The molecule has 0 fully saturated rings. The van der Waals surface area contributed by atoms with Crippen molar-refractivity contribution >= 4 is 28.5 Å². The van der Waals surface area contributed by atoms with Crippen LogP contribution < -0.4 is 10.6 Å². The molecule has 2 aromatic rings. The topological polar surface area (TPSA) is 91.3 Å². The van der Waals surface area contributed by atoms with Crippen molar-refractivity contribution in [1.82, 2.24) is 10.3 Å². The molecule has 2 rings (SSSR count). The molecule has 0 atom stereocenters. The van der Waals surface area contributed by atoms with Crippen LogP contribution in [0.15, 0.2) is 30.5 Å². The Morgan fingerprint density at radius 2 is 2.05 bits per heavy atom. The van der Waals surface area contributed by atoms with Crippen molar-refractivity contribution in [3.8, 4) is 0 Å². The highest BCUT2D eigenvalue weighted by molar-refractivity contribution is 6.04. The Hall–Kier alpha value is -2.63. The number of amides is 1. The molecule has 1 amide bonds. The summed E-state index contributed by atoms with van der Waals surface area (Å²) in [7, 11) is 0. The lowest BCUT2D eigenvalue weighted by Gasteiger charge is -2.12. The molecular weight excluding hydrogens is 258 g/mol. The summed E-state index contributed by atoms with van der Waals surface area (Å²) >= 11 is 0. The first-order chi connectivity index (χ1) is 9.63. The summed E-state index contributed by atoms with van der Waals surface area (Å²) in [6.07, 6.45) is 1.30. The number of para-hydroxylation sites is 1. The minimum Gasteiger partial charge on any atom is -0.478 e. The lowest BCUT2D eigenvalue weighted by atomic mass is 10.1. The molecule has 0 bridgehead atoms. The predicted molar refractivity (Wildman–Crippen MR) is 75.9 cm³/mol. The zero-order valence-corrected chi connectivity index (χ0v) is 11.0. The first-order valence-electron chi connectivity index (χ1n) is 6.25. The molecule has 6 heteroatoms. The van der Waals surface area contributed by atoms with E-state index in [0.717, 1.165) is 0 Å². The molecule has 0 aliphatic rings. The van der Waals surface area contributed by atoms with Crippen LogP contribution in [0.2, 0.25) is 0 Å². The highest BCUT2D eigenvalue weighted by Gasteiger charge is 2.14. The minimum atomic E-state index is -1.08. The Balaban J connectivity index is 2.39. The van der Waals surface area contributed by atoms with Crippen LogP contribution in [0.4, 0.5) is 5.69 Å².